The lowest BCUT2D eigenvalue weighted by Crippen LogP contribution is -2.22. The molecule has 0 aliphatic heterocycles. The number of para-hydroxylation sites is 1. The molecule has 122 valence electrons. The van der Waals surface area contributed by atoms with E-state index in [1.54, 1.807) is 18.2 Å². The van der Waals surface area contributed by atoms with Gasteiger partial charge in [-0.1, -0.05) is 59.6 Å². The van der Waals surface area contributed by atoms with Crippen LogP contribution in [0, 0.1) is 0 Å². The van der Waals surface area contributed by atoms with Gasteiger partial charge < -0.3 is 5.32 Å². The standard InChI is InChI=1S/C17H12BrCl2N3O/c18-17-14(21-10-11-5-2-1-3-6-11)9-15(24)23(22-17)16-12(19)7-4-8-13(16)20/h1-9,21H,10H2. The van der Waals surface area contributed by atoms with E-state index in [1.165, 1.54) is 10.7 Å². The zero-order valence-corrected chi connectivity index (χ0v) is 15.4. The van der Waals surface area contributed by atoms with Crippen LogP contribution in [0.4, 0.5) is 5.69 Å². The van der Waals surface area contributed by atoms with Gasteiger partial charge in [-0.05, 0) is 33.6 Å². The van der Waals surface area contributed by atoms with E-state index in [4.69, 9.17) is 23.2 Å². The maximum atomic E-state index is 12.4. The molecule has 0 fully saturated rings. The average Bonchev–Trinajstić information content (AvgIpc) is 2.57. The van der Waals surface area contributed by atoms with E-state index in [2.05, 4.69) is 26.3 Å². The Labute approximate surface area is 157 Å². The van der Waals surface area contributed by atoms with Crippen molar-refractivity contribution in [1.29, 1.82) is 0 Å². The molecule has 24 heavy (non-hydrogen) atoms. The van der Waals surface area contributed by atoms with Crippen LogP contribution in [-0.4, -0.2) is 9.78 Å². The predicted octanol–water partition coefficient (Wildman–Crippen LogP) is 4.91. The molecular formula is C17H12BrCl2N3O. The monoisotopic (exact) mass is 423 g/mol. The molecule has 0 saturated carbocycles. The topological polar surface area (TPSA) is 46.9 Å². The number of halogens is 3. The summed E-state index contributed by atoms with van der Waals surface area (Å²) >= 11 is 15.7. The Balaban J connectivity index is 1.93. The minimum absolute atomic E-state index is 0.330. The number of aromatic nitrogens is 2. The van der Waals surface area contributed by atoms with E-state index in [9.17, 15) is 4.79 Å². The lowest BCUT2D eigenvalue weighted by Gasteiger charge is -2.12. The second-order valence-electron chi connectivity index (χ2n) is 5.01. The summed E-state index contributed by atoms with van der Waals surface area (Å²) in [4.78, 5) is 12.4. The number of hydrogen-bond acceptors (Lipinski definition) is 3. The summed E-state index contributed by atoms with van der Waals surface area (Å²) in [5.74, 6) is 0. The molecular weight excluding hydrogens is 413 g/mol. The molecule has 0 saturated heterocycles. The van der Waals surface area contributed by atoms with Crippen molar-refractivity contribution in [1.82, 2.24) is 9.78 Å². The molecule has 0 amide bonds. The second kappa shape index (κ2) is 7.38. The fraction of sp³-hybridized carbons (Fsp3) is 0.0588. The fourth-order valence-corrected chi connectivity index (χ4v) is 3.17. The minimum atomic E-state index is -0.330. The maximum Gasteiger partial charge on any atom is 0.273 e. The van der Waals surface area contributed by atoms with Crippen LogP contribution in [0.15, 0.2) is 64.0 Å². The van der Waals surface area contributed by atoms with Crippen molar-refractivity contribution < 1.29 is 0 Å². The highest BCUT2D eigenvalue weighted by molar-refractivity contribution is 9.10. The molecule has 1 aromatic heterocycles. The summed E-state index contributed by atoms with van der Waals surface area (Å²) in [6, 6.07) is 16.4. The van der Waals surface area contributed by atoms with Crippen LogP contribution in [0.1, 0.15) is 5.56 Å². The Morgan fingerprint density at radius 1 is 1.04 bits per heavy atom. The summed E-state index contributed by atoms with van der Waals surface area (Å²) in [5.41, 5.74) is 1.73. The second-order valence-corrected chi connectivity index (χ2v) is 6.57. The van der Waals surface area contributed by atoms with Crippen LogP contribution >= 0.6 is 39.1 Å². The van der Waals surface area contributed by atoms with Gasteiger partial charge in [0.2, 0.25) is 0 Å². The lowest BCUT2D eigenvalue weighted by atomic mass is 10.2. The molecule has 1 N–H and O–H groups in total. The van der Waals surface area contributed by atoms with Crippen molar-refractivity contribution in [3.8, 4) is 5.69 Å². The number of rotatable bonds is 4. The third-order valence-electron chi connectivity index (χ3n) is 3.36. The van der Waals surface area contributed by atoms with Crippen LogP contribution in [-0.2, 0) is 6.54 Å². The number of hydrogen-bond donors (Lipinski definition) is 1. The van der Waals surface area contributed by atoms with Gasteiger partial charge in [0.25, 0.3) is 5.56 Å². The third kappa shape index (κ3) is 3.64. The fourth-order valence-electron chi connectivity index (χ4n) is 2.20. The van der Waals surface area contributed by atoms with Gasteiger partial charge >= 0.3 is 0 Å². The molecule has 0 aliphatic rings. The summed E-state index contributed by atoms with van der Waals surface area (Å²) in [6.07, 6.45) is 0. The maximum absolute atomic E-state index is 12.4. The predicted molar refractivity (Wildman–Crippen MR) is 101 cm³/mol. The summed E-state index contributed by atoms with van der Waals surface area (Å²) in [5, 5.41) is 8.17. The van der Waals surface area contributed by atoms with Crippen LogP contribution in [0.5, 0.6) is 0 Å². The number of anilines is 1. The number of benzene rings is 2. The van der Waals surface area contributed by atoms with Crippen molar-refractivity contribution in [2.24, 2.45) is 0 Å². The van der Waals surface area contributed by atoms with Gasteiger partial charge in [0.15, 0.2) is 0 Å². The molecule has 0 aliphatic carbocycles. The van der Waals surface area contributed by atoms with E-state index in [-0.39, 0.29) is 5.56 Å². The van der Waals surface area contributed by atoms with E-state index in [0.29, 0.717) is 32.6 Å². The largest absolute Gasteiger partial charge is 0.379 e. The smallest absolute Gasteiger partial charge is 0.273 e. The molecule has 0 bridgehead atoms. The van der Waals surface area contributed by atoms with Crippen molar-refractivity contribution in [3.05, 3.63) is 85.2 Å². The van der Waals surface area contributed by atoms with E-state index < -0.39 is 0 Å². The van der Waals surface area contributed by atoms with Crippen molar-refractivity contribution in [3.63, 3.8) is 0 Å². The van der Waals surface area contributed by atoms with Gasteiger partial charge in [-0.25, -0.2) is 0 Å². The Morgan fingerprint density at radius 2 is 1.71 bits per heavy atom. The third-order valence-corrected chi connectivity index (χ3v) is 4.56. The van der Waals surface area contributed by atoms with Gasteiger partial charge in [0.05, 0.1) is 15.7 Å². The van der Waals surface area contributed by atoms with E-state index in [0.717, 1.165) is 5.56 Å². The Bertz CT molecular complexity index is 909. The van der Waals surface area contributed by atoms with Crippen LogP contribution in [0.2, 0.25) is 10.0 Å². The number of nitrogens with zero attached hydrogens (tertiary/aromatic N) is 2. The van der Waals surface area contributed by atoms with Crippen LogP contribution in [0.3, 0.4) is 0 Å². The van der Waals surface area contributed by atoms with Gasteiger partial charge in [-0.2, -0.15) is 9.78 Å². The first-order valence-corrected chi connectivity index (χ1v) is 8.63. The van der Waals surface area contributed by atoms with Crippen molar-refractivity contribution >= 4 is 44.8 Å². The lowest BCUT2D eigenvalue weighted by molar-refractivity contribution is 0.794. The van der Waals surface area contributed by atoms with Crippen molar-refractivity contribution in [2.75, 3.05) is 5.32 Å². The van der Waals surface area contributed by atoms with E-state index in [1.807, 2.05) is 30.3 Å². The van der Waals surface area contributed by atoms with Gasteiger partial charge in [-0.3, -0.25) is 4.79 Å². The molecule has 1 heterocycles. The van der Waals surface area contributed by atoms with Gasteiger partial charge in [-0.15, -0.1) is 0 Å². The zero-order valence-electron chi connectivity index (χ0n) is 12.3. The highest BCUT2D eigenvalue weighted by Gasteiger charge is 2.13. The van der Waals surface area contributed by atoms with Crippen molar-refractivity contribution in [2.45, 2.75) is 6.54 Å². The SMILES string of the molecule is O=c1cc(NCc2ccccc2)c(Br)nn1-c1c(Cl)cccc1Cl. The highest BCUT2D eigenvalue weighted by Crippen LogP contribution is 2.28. The zero-order chi connectivity index (χ0) is 17.1. The van der Waals surface area contributed by atoms with E-state index >= 15 is 0 Å². The normalized spacial score (nSPS) is 10.6. The first-order chi connectivity index (χ1) is 11.6. The first kappa shape index (κ1) is 17.0. The molecule has 7 heteroatoms. The summed E-state index contributed by atoms with van der Waals surface area (Å²) in [6.45, 7) is 0.581. The van der Waals surface area contributed by atoms with Gasteiger partial charge in [0.1, 0.15) is 10.3 Å². The quantitative estimate of drug-likeness (QED) is 0.646. The molecule has 0 unspecified atom stereocenters. The Morgan fingerprint density at radius 3 is 2.38 bits per heavy atom. The Kier molecular flexibility index (Phi) is 5.23. The highest BCUT2D eigenvalue weighted by atomic mass is 79.9. The van der Waals surface area contributed by atoms with Crippen LogP contribution < -0.4 is 10.9 Å². The molecule has 3 aromatic rings. The molecule has 2 aromatic carbocycles. The summed E-state index contributed by atoms with van der Waals surface area (Å²) in [7, 11) is 0. The molecule has 0 spiro atoms. The molecule has 4 nitrogen and oxygen atoms in total. The average molecular weight is 425 g/mol. The Hall–Kier alpha value is -1.82. The number of nitrogens with one attached hydrogen (secondary N) is 1. The first-order valence-electron chi connectivity index (χ1n) is 7.08. The summed E-state index contributed by atoms with van der Waals surface area (Å²) < 4.78 is 1.68. The molecule has 0 atom stereocenters. The van der Waals surface area contributed by atoms with Crippen LogP contribution in [0.25, 0.3) is 5.69 Å². The molecule has 3 rings (SSSR count). The van der Waals surface area contributed by atoms with Gasteiger partial charge in [0, 0.05) is 12.6 Å². The minimum Gasteiger partial charge on any atom is -0.379 e. The molecule has 0 radical (unpaired) electrons.